The Bertz CT molecular complexity index is 746. The summed E-state index contributed by atoms with van der Waals surface area (Å²) in [5.41, 5.74) is 1.91. The first-order valence-electron chi connectivity index (χ1n) is 9.85. The molecule has 0 bridgehead atoms. The van der Waals surface area contributed by atoms with E-state index < -0.39 is 0 Å². The average Bonchev–Trinajstić information content (AvgIpc) is 3.08. The summed E-state index contributed by atoms with van der Waals surface area (Å²) in [6.45, 7) is 12.0. The monoisotopic (exact) mass is 385 g/mol. The Morgan fingerprint density at radius 3 is 2.56 bits per heavy atom. The summed E-state index contributed by atoms with van der Waals surface area (Å²) in [5.74, 6) is 1.48. The number of rotatable bonds is 6. The molecule has 3 rings (SSSR count). The number of amides is 1. The summed E-state index contributed by atoms with van der Waals surface area (Å²) in [6.07, 6.45) is 1.64. The third-order valence-electron chi connectivity index (χ3n) is 5.36. The molecule has 2 unspecified atom stereocenters. The first-order valence-corrected chi connectivity index (χ1v) is 10.7. The summed E-state index contributed by atoms with van der Waals surface area (Å²) in [4.78, 5) is 19.6. The summed E-state index contributed by atoms with van der Waals surface area (Å²) in [6, 6.07) is 10.1. The average molecular weight is 386 g/mol. The fourth-order valence-electron chi connectivity index (χ4n) is 3.91. The van der Waals surface area contributed by atoms with Crippen molar-refractivity contribution < 1.29 is 4.79 Å². The van der Waals surface area contributed by atoms with Crippen molar-refractivity contribution in [2.45, 2.75) is 46.1 Å². The Hall–Kier alpha value is -1.72. The number of carbonyl (C=O) groups is 1. The maximum atomic E-state index is 12.5. The minimum absolute atomic E-state index is 0.0319. The molecule has 0 aliphatic carbocycles. The lowest BCUT2D eigenvalue weighted by Gasteiger charge is -2.45. The van der Waals surface area contributed by atoms with Crippen LogP contribution in [0.4, 0.5) is 0 Å². The molecule has 146 valence electrons. The van der Waals surface area contributed by atoms with Crippen LogP contribution in [0.15, 0.2) is 35.7 Å². The fourth-order valence-corrected chi connectivity index (χ4v) is 4.74. The second-order valence-electron chi connectivity index (χ2n) is 8.63. The highest BCUT2D eigenvalue weighted by Crippen LogP contribution is 2.27. The van der Waals surface area contributed by atoms with E-state index in [1.54, 1.807) is 11.3 Å². The number of aromatic nitrogens is 1. The van der Waals surface area contributed by atoms with Crippen LogP contribution in [0.25, 0.3) is 10.6 Å². The van der Waals surface area contributed by atoms with Crippen LogP contribution in [0.5, 0.6) is 0 Å². The molecule has 1 amide bonds. The van der Waals surface area contributed by atoms with Crippen molar-refractivity contribution in [3.8, 4) is 10.6 Å². The molecular formula is C22H31N3OS. The van der Waals surface area contributed by atoms with Crippen molar-refractivity contribution in [2.24, 2.45) is 11.8 Å². The fraction of sp³-hybridized carbons (Fsp3) is 0.545. The molecule has 1 aromatic carbocycles. The molecule has 1 fully saturated rings. The van der Waals surface area contributed by atoms with E-state index in [2.05, 4.69) is 42.9 Å². The molecule has 1 aromatic heterocycles. The van der Waals surface area contributed by atoms with Gasteiger partial charge in [0.05, 0.1) is 12.1 Å². The Morgan fingerprint density at radius 2 is 1.89 bits per heavy atom. The molecule has 0 radical (unpaired) electrons. The molecule has 2 aromatic rings. The van der Waals surface area contributed by atoms with Crippen LogP contribution in [0, 0.1) is 11.8 Å². The molecule has 1 saturated heterocycles. The number of nitrogens with one attached hydrogen (secondary N) is 1. The lowest BCUT2D eigenvalue weighted by atomic mass is 9.88. The number of likely N-dealkylation sites (tertiary alicyclic amines) is 1. The van der Waals surface area contributed by atoms with Gasteiger partial charge in [-0.25, -0.2) is 4.98 Å². The van der Waals surface area contributed by atoms with Crippen LogP contribution < -0.4 is 5.32 Å². The third-order valence-corrected chi connectivity index (χ3v) is 6.30. The number of hydrogen-bond acceptors (Lipinski definition) is 4. The molecule has 5 heteroatoms. The minimum Gasteiger partial charge on any atom is -0.354 e. The van der Waals surface area contributed by atoms with Gasteiger partial charge in [-0.1, -0.05) is 44.2 Å². The lowest BCUT2D eigenvalue weighted by Crippen LogP contribution is -2.56. The van der Waals surface area contributed by atoms with Crippen LogP contribution in [-0.2, 0) is 11.2 Å². The zero-order valence-corrected chi connectivity index (χ0v) is 17.7. The molecule has 0 spiro atoms. The number of carbonyl (C=O) groups excluding carboxylic acids is 1. The lowest BCUT2D eigenvalue weighted by molar-refractivity contribution is -0.121. The van der Waals surface area contributed by atoms with Crippen molar-refractivity contribution in [3.63, 3.8) is 0 Å². The second kappa shape index (κ2) is 8.53. The smallest absolute Gasteiger partial charge is 0.226 e. The number of piperidine rings is 1. The zero-order chi connectivity index (χ0) is 19.4. The Balaban J connectivity index is 1.53. The van der Waals surface area contributed by atoms with E-state index in [0.717, 1.165) is 41.2 Å². The SMILES string of the molecule is CC1CC(C)CN(C(C)(C)CNC(=O)Cc2csc(-c3ccccc3)n2)C1. The van der Waals surface area contributed by atoms with E-state index in [1.165, 1.54) is 6.42 Å². The van der Waals surface area contributed by atoms with Gasteiger partial charge in [0.15, 0.2) is 0 Å². The van der Waals surface area contributed by atoms with E-state index in [9.17, 15) is 4.79 Å². The van der Waals surface area contributed by atoms with E-state index in [1.807, 2.05) is 35.7 Å². The summed E-state index contributed by atoms with van der Waals surface area (Å²) in [5, 5.41) is 6.09. The normalized spacial score (nSPS) is 21.2. The van der Waals surface area contributed by atoms with Gasteiger partial charge >= 0.3 is 0 Å². The molecule has 1 aliphatic heterocycles. The largest absolute Gasteiger partial charge is 0.354 e. The molecule has 1 N–H and O–H groups in total. The van der Waals surface area contributed by atoms with Gasteiger partial charge in [0, 0.05) is 36.1 Å². The van der Waals surface area contributed by atoms with Gasteiger partial charge in [-0.3, -0.25) is 9.69 Å². The van der Waals surface area contributed by atoms with Crippen LogP contribution in [0.3, 0.4) is 0 Å². The van der Waals surface area contributed by atoms with Gasteiger partial charge in [-0.05, 0) is 32.1 Å². The quantitative estimate of drug-likeness (QED) is 0.809. The highest BCUT2D eigenvalue weighted by Gasteiger charge is 2.32. The van der Waals surface area contributed by atoms with Crippen molar-refractivity contribution in [1.29, 1.82) is 0 Å². The summed E-state index contributed by atoms with van der Waals surface area (Å²) < 4.78 is 0. The van der Waals surface area contributed by atoms with Crippen molar-refractivity contribution >= 4 is 17.2 Å². The highest BCUT2D eigenvalue weighted by atomic mass is 32.1. The summed E-state index contributed by atoms with van der Waals surface area (Å²) >= 11 is 1.59. The third kappa shape index (κ3) is 5.39. The first kappa shape index (κ1) is 20.0. The molecule has 4 nitrogen and oxygen atoms in total. The van der Waals surface area contributed by atoms with Crippen molar-refractivity contribution in [3.05, 3.63) is 41.4 Å². The van der Waals surface area contributed by atoms with E-state index in [4.69, 9.17) is 0 Å². The number of hydrogen-bond donors (Lipinski definition) is 1. The van der Waals surface area contributed by atoms with Gasteiger partial charge < -0.3 is 5.32 Å². The topological polar surface area (TPSA) is 45.2 Å². The Labute approximate surface area is 167 Å². The number of nitrogens with zero attached hydrogens (tertiary/aromatic N) is 2. The maximum Gasteiger partial charge on any atom is 0.226 e. The molecule has 27 heavy (non-hydrogen) atoms. The van der Waals surface area contributed by atoms with Crippen LogP contribution in [0.1, 0.15) is 39.8 Å². The molecule has 2 heterocycles. The highest BCUT2D eigenvalue weighted by molar-refractivity contribution is 7.13. The Kier molecular flexibility index (Phi) is 6.33. The summed E-state index contributed by atoms with van der Waals surface area (Å²) in [7, 11) is 0. The number of thiazole rings is 1. The number of benzene rings is 1. The molecular weight excluding hydrogens is 354 g/mol. The van der Waals surface area contributed by atoms with Gasteiger partial charge in [0.25, 0.3) is 0 Å². The maximum absolute atomic E-state index is 12.5. The zero-order valence-electron chi connectivity index (χ0n) is 16.9. The van der Waals surface area contributed by atoms with E-state index in [-0.39, 0.29) is 11.4 Å². The second-order valence-corrected chi connectivity index (χ2v) is 9.49. The van der Waals surface area contributed by atoms with Crippen molar-refractivity contribution in [1.82, 2.24) is 15.2 Å². The molecule has 2 atom stereocenters. The predicted molar refractivity (Wildman–Crippen MR) is 113 cm³/mol. The standard InChI is InChI=1S/C22H31N3OS/c1-16-10-17(2)13-25(12-16)22(3,4)15-23-20(26)11-19-14-27-21(24-19)18-8-6-5-7-9-18/h5-9,14,16-17H,10-13,15H2,1-4H3,(H,23,26). The van der Waals surface area contributed by atoms with Gasteiger partial charge in [-0.15, -0.1) is 11.3 Å². The minimum atomic E-state index is -0.0319. The first-order chi connectivity index (χ1) is 12.8. The Morgan fingerprint density at radius 1 is 1.22 bits per heavy atom. The van der Waals surface area contributed by atoms with E-state index in [0.29, 0.717) is 13.0 Å². The van der Waals surface area contributed by atoms with Crippen LogP contribution in [0.2, 0.25) is 0 Å². The van der Waals surface area contributed by atoms with Crippen LogP contribution in [-0.4, -0.2) is 41.0 Å². The van der Waals surface area contributed by atoms with Gasteiger partial charge in [0.2, 0.25) is 5.91 Å². The molecule has 0 saturated carbocycles. The van der Waals surface area contributed by atoms with E-state index >= 15 is 0 Å². The molecule has 1 aliphatic rings. The predicted octanol–water partition coefficient (Wildman–Crippen LogP) is 4.23. The van der Waals surface area contributed by atoms with Crippen LogP contribution >= 0.6 is 11.3 Å². The van der Waals surface area contributed by atoms with Gasteiger partial charge in [-0.2, -0.15) is 0 Å². The van der Waals surface area contributed by atoms with Gasteiger partial charge in [0.1, 0.15) is 5.01 Å². The van der Waals surface area contributed by atoms with Crippen molar-refractivity contribution in [2.75, 3.05) is 19.6 Å².